The van der Waals surface area contributed by atoms with Gasteiger partial charge in [0.1, 0.15) is 0 Å². The monoisotopic (exact) mass is 298 g/mol. The number of benzene rings is 1. The lowest BCUT2D eigenvalue weighted by atomic mass is 9.89. The number of ether oxygens (including phenoxy) is 2. The molecular weight excluding hydrogens is 280 g/mol. The van der Waals surface area contributed by atoms with Crippen molar-refractivity contribution in [2.45, 2.75) is 19.9 Å². The number of carbonyl (C=O) groups excluding carboxylic acids is 1. The maximum absolute atomic E-state index is 12.2. The van der Waals surface area contributed by atoms with E-state index in [-0.39, 0.29) is 30.5 Å². The minimum atomic E-state index is -0.281. The lowest BCUT2D eigenvalue weighted by Crippen LogP contribution is -2.39. The fourth-order valence-corrected chi connectivity index (χ4v) is 2.46. The van der Waals surface area contributed by atoms with Crippen LogP contribution in [0.4, 0.5) is 0 Å². The Hall–Kier alpha value is -1.46. The maximum Gasteiger partial charge on any atom is 0.231 e. The molecule has 1 unspecified atom stereocenters. The molecule has 6 heteroatoms. The van der Waals surface area contributed by atoms with E-state index in [4.69, 9.17) is 9.47 Å². The molecule has 2 heterocycles. The van der Waals surface area contributed by atoms with Crippen molar-refractivity contribution in [3.8, 4) is 11.5 Å². The van der Waals surface area contributed by atoms with Crippen LogP contribution in [0.5, 0.6) is 11.5 Å². The summed E-state index contributed by atoms with van der Waals surface area (Å²) in [5, 5.41) is 6.23. The number of nitrogens with one attached hydrogen (secondary N) is 2. The van der Waals surface area contributed by atoms with Crippen molar-refractivity contribution < 1.29 is 14.3 Å². The van der Waals surface area contributed by atoms with Crippen molar-refractivity contribution in [2.75, 3.05) is 19.9 Å². The van der Waals surface area contributed by atoms with Crippen LogP contribution in [0.1, 0.15) is 18.9 Å². The number of amides is 1. The Balaban J connectivity index is 0.00000147. The molecule has 3 rings (SSSR count). The molecule has 0 spiro atoms. The van der Waals surface area contributed by atoms with Gasteiger partial charge in [-0.15, -0.1) is 12.4 Å². The summed E-state index contributed by atoms with van der Waals surface area (Å²) in [5.41, 5.74) is 0.739. The van der Waals surface area contributed by atoms with Gasteiger partial charge in [0.15, 0.2) is 11.5 Å². The second-order valence-corrected chi connectivity index (χ2v) is 5.36. The van der Waals surface area contributed by atoms with E-state index in [1.165, 1.54) is 0 Å². The van der Waals surface area contributed by atoms with Gasteiger partial charge in [0.05, 0.1) is 5.41 Å². The van der Waals surface area contributed by atoms with Gasteiger partial charge in [-0.25, -0.2) is 0 Å². The Kier molecular flexibility index (Phi) is 4.40. The Labute approximate surface area is 124 Å². The van der Waals surface area contributed by atoms with Crippen molar-refractivity contribution in [1.29, 1.82) is 0 Å². The van der Waals surface area contributed by atoms with Gasteiger partial charge < -0.3 is 20.1 Å². The van der Waals surface area contributed by atoms with E-state index in [2.05, 4.69) is 10.6 Å². The molecule has 0 radical (unpaired) electrons. The number of rotatable bonds is 3. The normalized spacial score (nSPS) is 23.2. The summed E-state index contributed by atoms with van der Waals surface area (Å²) in [6.07, 6.45) is 0.889. The minimum Gasteiger partial charge on any atom is -0.454 e. The van der Waals surface area contributed by atoms with Gasteiger partial charge in [0, 0.05) is 13.1 Å². The highest BCUT2D eigenvalue weighted by Crippen LogP contribution is 2.32. The Morgan fingerprint density at radius 3 is 2.95 bits per heavy atom. The molecule has 110 valence electrons. The molecule has 1 atom stereocenters. The minimum absolute atomic E-state index is 0. The molecule has 2 aliphatic heterocycles. The molecule has 0 saturated carbocycles. The quantitative estimate of drug-likeness (QED) is 0.887. The second kappa shape index (κ2) is 5.89. The standard InChI is InChI=1S/C14H18N2O3.ClH/c1-14(4-5-15-8-14)13(17)16-7-10-2-3-11-12(6-10)19-9-18-11;/h2-3,6,15H,4-5,7-9H2,1H3,(H,16,17);1H. The van der Waals surface area contributed by atoms with E-state index in [9.17, 15) is 4.79 Å². The van der Waals surface area contributed by atoms with Crippen LogP contribution in [0.3, 0.4) is 0 Å². The highest BCUT2D eigenvalue weighted by Gasteiger charge is 2.35. The molecule has 2 N–H and O–H groups in total. The topological polar surface area (TPSA) is 59.6 Å². The fourth-order valence-electron chi connectivity index (χ4n) is 2.46. The zero-order valence-electron chi connectivity index (χ0n) is 11.4. The summed E-state index contributed by atoms with van der Waals surface area (Å²) in [7, 11) is 0. The Morgan fingerprint density at radius 2 is 2.20 bits per heavy atom. The summed E-state index contributed by atoms with van der Waals surface area (Å²) in [5.74, 6) is 1.62. The third kappa shape index (κ3) is 2.83. The van der Waals surface area contributed by atoms with Crippen LogP contribution in [0, 0.1) is 5.41 Å². The molecule has 0 aromatic heterocycles. The van der Waals surface area contributed by atoms with Gasteiger partial charge in [0.25, 0.3) is 0 Å². The third-order valence-electron chi connectivity index (χ3n) is 3.81. The molecule has 1 aromatic rings. The molecule has 0 bridgehead atoms. The first-order valence-corrected chi connectivity index (χ1v) is 6.55. The van der Waals surface area contributed by atoms with Crippen LogP contribution in [0.2, 0.25) is 0 Å². The van der Waals surface area contributed by atoms with E-state index in [0.29, 0.717) is 6.54 Å². The Morgan fingerprint density at radius 1 is 1.40 bits per heavy atom. The first-order valence-electron chi connectivity index (χ1n) is 6.55. The number of fused-ring (bicyclic) bond motifs is 1. The first-order chi connectivity index (χ1) is 9.17. The van der Waals surface area contributed by atoms with E-state index < -0.39 is 0 Å². The first kappa shape index (κ1) is 14.9. The molecule has 1 saturated heterocycles. The molecule has 1 aromatic carbocycles. The maximum atomic E-state index is 12.2. The van der Waals surface area contributed by atoms with Crippen molar-refractivity contribution in [3.05, 3.63) is 23.8 Å². The van der Waals surface area contributed by atoms with Crippen LogP contribution < -0.4 is 20.1 Å². The van der Waals surface area contributed by atoms with Crippen molar-refractivity contribution in [2.24, 2.45) is 5.41 Å². The summed E-state index contributed by atoms with van der Waals surface area (Å²) in [6.45, 7) is 4.45. The molecule has 20 heavy (non-hydrogen) atoms. The van der Waals surface area contributed by atoms with Gasteiger partial charge in [-0.05, 0) is 37.6 Å². The predicted molar refractivity (Wildman–Crippen MR) is 77.3 cm³/mol. The molecule has 5 nitrogen and oxygen atoms in total. The highest BCUT2D eigenvalue weighted by atomic mass is 35.5. The largest absolute Gasteiger partial charge is 0.454 e. The smallest absolute Gasteiger partial charge is 0.231 e. The number of halogens is 1. The van der Waals surface area contributed by atoms with Gasteiger partial charge in [-0.3, -0.25) is 4.79 Å². The number of hydrogen-bond acceptors (Lipinski definition) is 4. The third-order valence-corrected chi connectivity index (χ3v) is 3.81. The van der Waals surface area contributed by atoms with Gasteiger partial charge in [0.2, 0.25) is 12.7 Å². The molecule has 2 aliphatic rings. The molecular formula is C14H19ClN2O3. The van der Waals surface area contributed by atoms with Crippen LogP contribution in [0.15, 0.2) is 18.2 Å². The molecule has 1 amide bonds. The molecule has 0 aliphatic carbocycles. The summed E-state index contributed by atoms with van der Waals surface area (Å²) >= 11 is 0. The zero-order chi connectivity index (χ0) is 13.3. The van der Waals surface area contributed by atoms with E-state index in [1.807, 2.05) is 25.1 Å². The number of carbonyl (C=O) groups is 1. The van der Waals surface area contributed by atoms with Crippen LogP contribution in [-0.2, 0) is 11.3 Å². The van der Waals surface area contributed by atoms with Gasteiger partial charge in [-0.1, -0.05) is 6.07 Å². The zero-order valence-corrected chi connectivity index (χ0v) is 12.2. The lowest BCUT2D eigenvalue weighted by Gasteiger charge is -2.21. The summed E-state index contributed by atoms with van der Waals surface area (Å²) < 4.78 is 10.6. The second-order valence-electron chi connectivity index (χ2n) is 5.36. The van der Waals surface area contributed by atoms with E-state index in [1.54, 1.807) is 0 Å². The van der Waals surface area contributed by atoms with Crippen molar-refractivity contribution in [1.82, 2.24) is 10.6 Å². The van der Waals surface area contributed by atoms with Gasteiger partial charge in [-0.2, -0.15) is 0 Å². The van der Waals surface area contributed by atoms with Crippen molar-refractivity contribution >= 4 is 18.3 Å². The highest BCUT2D eigenvalue weighted by molar-refractivity contribution is 5.85. The summed E-state index contributed by atoms with van der Waals surface area (Å²) in [4.78, 5) is 12.2. The van der Waals surface area contributed by atoms with Crippen LogP contribution in [-0.4, -0.2) is 25.8 Å². The van der Waals surface area contributed by atoms with E-state index >= 15 is 0 Å². The average molecular weight is 299 g/mol. The van der Waals surface area contributed by atoms with Crippen molar-refractivity contribution in [3.63, 3.8) is 0 Å². The predicted octanol–water partition coefficient (Wildman–Crippen LogP) is 1.45. The fraction of sp³-hybridized carbons (Fsp3) is 0.500. The van der Waals surface area contributed by atoms with Crippen LogP contribution in [0.25, 0.3) is 0 Å². The lowest BCUT2D eigenvalue weighted by molar-refractivity contribution is -0.129. The SMILES string of the molecule is CC1(C(=O)NCc2ccc3c(c2)OCO3)CCNC1.Cl. The molecule has 1 fully saturated rings. The number of hydrogen-bond donors (Lipinski definition) is 2. The average Bonchev–Trinajstić information content (AvgIpc) is 3.04. The van der Waals surface area contributed by atoms with Gasteiger partial charge >= 0.3 is 0 Å². The summed E-state index contributed by atoms with van der Waals surface area (Å²) in [6, 6.07) is 5.74. The van der Waals surface area contributed by atoms with Crippen LogP contribution >= 0.6 is 12.4 Å². The Bertz CT molecular complexity index is 501. The van der Waals surface area contributed by atoms with E-state index in [0.717, 1.165) is 36.6 Å².